The van der Waals surface area contributed by atoms with Crippen LogP contribution in [0.25, 0.3) is 11.3 Å². The topological polar surface area (TPSA) is 55.0 Å². The molecule has 0 spiro atoms. The van der Waals surface area contributed by atoms with E-state index in [1.807, 2.05) is 12.1 Å². The molecular formula is C14H16N2O2. The summed E-state index contributed by atoms with van der Waals surface area (Å²) in [5.74, 6) is 0.543. The zero-order valence-electron chi connectivity index (χ0n) is 10.6. The van der Waals surface area contributed by atoms with Gasteiger partial charge in [-0.2, -0.15) is 0 Å². The smallest absolute Gasteiger partial charge is 0.251 e. The average molecular weight is 244 g/mol. The summed E-state index contributed by atoms with van der Waals surface area (Å²) in [6, 6.07) is 9.56. The first-order chi connectivity index (χ1) is 8.72. The van der Waals surface area contributed by atoms with Gasteiger partial charge in [-0.15, -0.1) is 0 Å². The van der Waals surface area contributed by atoms with Gasteiger partial charge in [0, 0.05) is 18.7 Å². The van der Waals surface area contributed by atoms with E-state index in [0.717, 1.165) is 12.0 Å². The van der Waals surface area contributed by atoms with Crippen LogP contribution in [0.1, 0.15) is 18.3 Å². The number of H-pyrrole nitrogens is 1. The molecule has 0 unspecified atom stereocenters. The summed E-state index contributed by atoms with van der Waals surface area (Å²) < 4.78 is 4.99. The van der Waals surface area contributed by atoms with E-state index in [-0.39, 0.29) is 5.56 Å². The fraction of sp³-hybridized carbons (Fsp3) is 0.286. The molecule has 0 aliphatic rings. The van der Waals surface area contributed by atoms with Gasteiger partial charge in [0.1, 0.15) is 12.4 Å². The predicted molar refractivity (Wildman–Crippen MR) is 70.4 cm³/mol. The molecule has 1 N–H and O–H groups in total. The zero-order valence-corrected chi connectivity index (χ0v) is 10.6. The summed E-state index contributed by atoms with van der Waals surface area (Å²) in [4.78, 5) is 18.6. The third-order valence-electron chi connectivity index (χ3n) is 2.70. The molecule has 0 aliphatic carbocycles. The first kappa shape index (κ1) is 12.5. The SMILES string of the molecule is CCc1cccc(-c2cc(=O)[nH]c(COC)n2)c1. The van der Waals surface area contributed by atoms with Crippen LogP contribution >= 0.6 is 0 Å². The number of nitrogens with one attached hydrogen (secondary N) is 1. The van der Waals surface area contributed by atoms with Crippen molar-refractivity contribution in [1.82, 2.24) is 9.97 Å². The number of methoxy groups -OCH3 is 1. The zero-order chi connectivity index (χ0) is 13.0. The second kappa shape index (κ2) is 5.60. The van der Waals surface area contributed by atoms with E-state index in [2.05, 4.69) is 29.0 Å². The second-order valence-electron chi connectivity index (χ2n) is 4.06. The molecular weight excluding hydrogens is 228 g/mol. The largest absolute Gasteiger partial charge is 0.377 e. The van der Waals surface area contributed by atoms with Crippen molar-refractivity contribution in [3.8, 4) is 11.3 Å². The lowest BCUT2D eigenvalue weighted by atomic mass is 10.1. The van der Waals surface area contributed by atoms with E-state index in [9.17, 15) is 4.79 Å². The molecule has 0 saturated carbocycles. The highest BCUT2D eigenvalue weighted by molar-refractivity contribution is 5.59. The van der Waals surface area contributed by atoms with Gasteiger partial charge in [0.05, 0.1) is 5.69 Å². The van der Waals surface area contributed by atoms with Gasteiger partial charge in [-0.05, 0) is 18.1 Å². The lowest BCUT2D eigenvalue weighted by molar-refractivity contribution is 0.177. The molecule has 94 valence electrons. The van der Waals surface area contributed by atoms with Crippen molar-refractivity contribution in [2.45, 2.75) is 20.0 Å². The molecule has 0 aliphatic heterocycles. The van der Waals surface area contributed by atoms with Crippen LogP contribution in [0.5, 0.6) is 0 Å². The Morgan fingerprint density at radius 1 is 1.33 bits per heavy atom. The highest BCUT2D eigenvalue weighted by Gasteiger charge is 2.04. The van der Waals surface area contributed by atoms with Crippen molar-refractivity contribution in [2.24, 2.45) is 0 Å². The van der Waals surface area contributed by atoms with Gasteiger partial charge in [0.15, 0.2) is 0 Å². The van der Waals surface area contributed by atoms with E-state index in [4.69, 9.17) is 4.74 Å². The number of hydrogen-bond acceptors (Lipinski definition) is 3. The van der Waals surface area contributed by atoms with Crippen LogP contribution in [0.3, 0.4) is 0 Å². The molecule has 0 radical (unpaired) electrons. The lowest BCUT2D eigenvalue weighted by Crippen LogP contribution is -2.11. The fourth-order valence-corrected chi connectivity index (χ4v) is 1.81. The minimum absolute atomic E-state index is 0.158. The first-order valence-electron chi connectivity index (χ1n) is 5.91. The Hall–Kier alpha value is -1.94. The number of aromatic amines is 1. The van der Waals surface area contributed by atoms with Crippen LogP contribution in [0.4, 0.5) is 0 Å². The molecule has 1 aromatic heterocycles. The van der Waals surface area contributed by atoms with E-state index < -0.39 is 0 Å². The van der Waals surface area contributed by atoms with Crippen molar-refractivity contribution in [3.63, 3.8) is 0 Å². The van der Waals surface area contributed by atoms with Gasteiger partial charge in [0.25, 0.3) is 5.56 Å². The molecule has 0 bridgehead atoms. The number of ether oxygens (including phenoxy) is 1. The summed E-state index contributed by atoms with van der Waals surface area (Å²) in [5, 5.41) is 0. The summed E-state index contributed by atoms with van der Waals surface area (Å²) in [7, 11) is 1.57. The molecule has 1 heterocycles. The van der Waals surface area contributed by atoms with E-state index >= 15 is 0 Å². The summed E-state index contributed by atoms with van der Waals surface area (Å²) in [6.07, 6.45) is 0.960. The number of rotatable bonds is 4. The highest BCUT2D eigenvalue weighted by atomic mass is 16.5. The van der Waals surface area contributed by atoms with Gasteiger partial charge >= 0.3 is 0 Å². The maximum Gasteiger partial charge on any atom is 0.251 e. The molecule has 4 nitrogen and oxygen atoms in total. The van der Waals surface area contributed by atoms with Crippen LogP contribution < -0.4 is 5.56 Å². The van der Waals surface area contributed by atoms with Crippen LogP contribution in [-0.4, -0.2) is 17.1 Å². The van der Waals surface area contributed by atoms with Crippen LogP contribution in [0, 0.1) is 0 Å². The lowest BCUT2D eigenvalue weighted by Gasteiger charge is -2.05. The Bertz CT molecular complexity index is 590. The molecule has 0 fully saturated rings. The summed E-state index contributed by atoms with van der Waals surface area (Å²) >= 11 is 0. The predicted octanol–water partition coefficient (Wildman–Crippen LogP) is 2.15. The fourth-order valence-electron chi connectivity index (χ4n) is 1.81. The van der Waals surface area contributed by atoms with Gasteiger partial charge in [-0.25, -0.2) is 4.98 Å². The molecule has 0 atom stereocenters. The molecule has 0 saturated heterocycles. The number of aryl methyl sites for hydroxylation is 1. The Balaban J connectivity index is 2.45. The Kier molecular flexibility index (Phi) is 3.89. The van der Waals surface area contributed by atoms with Gasteiger partial charge in [-0.3, -0.25) is 4.79 Å². The minimum Gasteiger partial charge on any atom is -0.377 e. The number of aromatic nitrogens is 2. The third kappa shape index (κ3) is 2.84. The number of nitrogens with zero attached hydrogens (tertiary/aromatic N) is 1. The van der Waals surface area contributed by atoms with E-state index in [1.165, 1.54) is 11.6 Å². The Labute approximate surface area is 106 Å². The molecule has 2 rings (SSSR count). The highest BCUT2D eigenvalue weighted by Crippen LogP contribution is 2.17. The van der Waals surface area contributed by atoms with Crippen LogP contribution in [0.2, 0.25) is 0 Å². The monoisotopic (exact) mass is 244 g/mol. The molecule has 0 amide bonds. The minimum atomic E-state index is -0.158. The van der Waals surface area contributed by atoms with Crippen molar-refractivity contribution >= 4 is 0 Å². The van der Waals surface area contributed by atoms with Crippen molar-refractivity contribution < 1.29 is 4.74 Å². The summed E-state index contributed by atoms with van der Waals surface area (Å²) in [6.45, 7) is 2.40. The van der Waals surface area contributed by atoms with Crippen LogP contribution in [0.15, 0.2) is 35.1 Å². The number of benzene rings is 1. The molecule has 2 aromatic rings. The third-order valence-corrected chi connectivity index (χ3v) is 2.70. The second-order valence-corrected chi connectivity index (χ2v) is 4.06. The first-order valence-corrected chi connectivity index (χ1v) is 5.91. The van der Waals surface area contributed by atoms with Crippen molar-refractivity contribution in [1.29, 1.82) is 0 Å². The number of hydrogen-bond donors (Lipinski definition) is 1. The van der Waals surface area contributed by atoms with Crippen molar-refractivity contribution in [3.05, 3.63) is 52.1 Å². The van der Waals surface area contributed by atoms with Crippen molar-refractivity contribution in [2.75, 3.05) is 7.11 Å². The van der Waals surface area contributed by atoms with Gasteiger partial charge in [-0.1, -0.05) is 25.1 Å². The van der Waals surface area contributed by atoms with Gasteiger partial charge < -0.3 is 9.72 Å². The van der Waals surface area contributed by atoms with E-state index in [1.54, 1.807) is 7.11 Å². The standard InChI is InChI=1S/C14H16N2O2/c1-3-10-5-4-6-11(7-10)12-8-14(17)16-13(15-12)9-18-2/h4-8H,3,9H2,1-2H3,(H,15,16,17). The molecule has 4 heteroatoms. The molecule has 1 aromatic carbocycles. The normalized spacial score (nSPS) is 10.6. The summed E-state index contributed by atoms with van der Waals surface area (Å²) in [5.41, 5.74) is 2.70. The Morgan fingerprint density at radius 3 is 2.89 bits per heavy atom. The van der Waals surface area contributed by atoms with Gasteiger partial charge in [0.2, 0.25) is 0 Å². The Morgan fingerprint density at radius 2 is 2.17 bits per heavy atom. The quantitative estimate of drug-likeness (QED) is 0.896. The maximum absolute atomic E-state index is 11.6. The molecule has 18 heavy (non-hydrogen) atoms. The average Bonchev–Trinajstić information content (AvgIpc) is 2.38. The maximum atomic E-state index is 11.6. The van der Waals surface area contributed by atoms with Crippen LogP contribution in [-0.2, 0) is 17.8 Å². The van der Waals surface area contributed by atoms with E-state index in [0.29, 0.717) is 18.1 Å².